The van der Waals surface area contributed by atoms with Gasteiger partial charge in [-0.25, -0.2) is 4.68 Å². The molecular weight excluding hydrogens is 384 g/mol. The van der Waals surface area contributed by atoms with Crippen LogP contribution in [0.25, 0.3) is 0 Å². The van der Waals surface area contributed by atoms with Gasteiger partial charge in [0, 0.05) is 45.2 Å². The molecule has 0 unspecified atom stereocenters. The largest absolute Gasteiger partial charge is 0.352 e. The molecule has 0 radical (unpaired) electrons. The van der Waals surface area contributed by atoms with Crippen molar-refractivity contribution >= 4 is 18.1 Å². The van der Waals surface area contributed by atoms with E-state index in [2.05, 4.69) is 50.9 Å². The van der Waals surface area contributed by atoms with Crippen LogP contribution in [0, 0.1) is 4.77 Å². The van der Waals surface area contributed by atoms with Gasteiger partial charge in [-0.1, -0.05) is 30.3 Å². The number of hydrogen-bond donors (Lipinski definition) is 1. The molecule has 1 N–H and O–H groups in total. The summed E-state index contributed by atoms with van der Waals surface area (Å²) in [4.78, 5) is 16.6. The number of piperazine rings is 1. The summed E-state index contributed by atoms with van der Waals surface area (Å²) in [5.74, 6) is 1.18. The second-order valence-corrected chi connectivity index (χ2v) is 8.35. The predicted molar refractivity (Wildman–Crippen MR) is 115 cm³/mol. The Hall–Kier alpha value is -2.03. The Labute approximate surface area is 177 Å². The Kier molecular flexibility index (Phi) is 6.42. The van der Waals surface area contributed by atoms with Crippen LogP contribution in [0.15, 0.2) is 30.3 Å². The number of nitrogens with zero attached hydrogens (tertiary/aromatic N) is 5. The minimum absolute atomic E-state index is 0.162. The minimum Gasteiger partial charge on any atom is -0.352 e. The zero-order chi connectivity index (χ0) is 20.2. The van der Waals surface area contributed by atoms with Gasteiger partial charge in [-0.2, -0.15) is 5.10 Å². The van der Waals surface area contributed by atoms with Crippen molar-refractivity contribution in [3.8, 4) is 0 Å². The second kappa shape index (κ2) is 9.19. The van der Waals surface area contributed by atoms with Crippen LogP contribution >= 0.6 is 12.2 Å². The van der Waals surface area contributed by atoms with Gasteiger partial charge in [-0.3, -0.25) is 14.6 Å². The van der Waals surface area contributed by atoms with Crippen molar-refractivity contribution in [2.45, 2.75) is 45.4 Å². The van der Waals surface area contributed by atoms with Gasteiger partial charge in [-0.05, 0) is 37.5 Å². The van der Waals surface area contributed by atoms with E-state index in [0.29, 0.717) is 19.3 Å². The summed E-state index contributed by atoms with van der Waals surface area (Å²) in [5.41, 5.74) is 1.24. The monoisotopic (exact) mass is 414 g/mol. The van der Waals surface area contributed by atoms with Gasteiger partial charge in [0.2, 0.25) is 5.91 Å². The first-order valence-electron chi connectivity index (χ1n) is 10.6. The third-order valence-corrected chi connectivity index (χ3v) is 6.06. The normalized spacial score (nSPS) is 18.1. The lowest BCUT2D eigenvalue weighted by atomic mass is 10.1. The minimum atomic E-state index is 0.162. The molecule has 1 saturated carbocycles. The molecule has 4 rings (SSSR count). The molecular formula is C21H30N6OS. The summed E-state index contributed by atoms with van der Waals surface area (Å²) < 4.78 is 4.86. The van der Waals surface area contributed by atoms with Crippen LogP contribution in [0.3, 0.4) is 0 Å². The van der Waals surface area contributed by atoms with E-state index in [0.717, 1.165) is 62.6 Å². The van der Waals surface area contributed by atoms with Crippen LogP contribution in [0.5, 0.6) is 0 Å². The maximum atomic E-state index is 12.0. The Morgan fingerprint density at radius 3 is 2.48 bits per heavy atom. The van der Waals surface area contributed by atoms with Gasteiger partial charge in [0.05, 0.1) is 13.2 Å². The highest BCUT2D eigenvalue weighted by Crippen LogP contribution is 2.18. The summed E-state index contributed by atoms with van der Waals surface area (Å²) in [7, 11) is 0. The van der Waals surface area contributed by atoms with E-state index in [9.17, 15) is 4.79 Å². The van der Waals surface area contributed by atoms with Gasteiger partial charge in [-0.15, -0.1) is 0 Å². The molecule has 7 nitrogen and oxygen atoms in total. The maximum absolute atomic E-state index is 12.0. The second-order valence-electron chi connectivity index (χ2n) is 7.98. The van der Waals surface area contributed by atoms with E-state index in [-0.39, 0.29) is 5.91 Å². The molecule has 0 atom stereocenters. The zero-order valence-corrected chi connectivity index (χ0v) is 17.9. The van der Waals surface area contributed by atoms with E-state index >= 15 is 0 Å². The lowest BCUT2D eigenvalue weighted by Crippen LogP contribution is -2.49. The molecule has 1 aromatic heterocycles. The molecule has 2 aromatic rings. The van der Waals surface area contributed by atoms with Crippen molar-refractivity contribution in [1.29, 1.82) is 0 Å². The summed E-state index contributed by atoms with van der Waals surface area (Å²) in [6.45, 7) is 7.79. The van der Waals surface area contributed by atoms with Crippen LogP contribution in [0.4, 0.5) is 0 Å². The van der Waals surface area contributed by atoms with Crippen molar-refractivity contribution < 1.29 is 4.79 Å². The Bertz CT molecular complexity index is 880. The van der Waals surface area contributed by atoms with Gasteiger partial charge in [0.25, 0.3) is 0 Å². The molecule has 1 aromatic carbocycles. The topological polar surface area (TPSA) is 58.3 Å². The van der Waals surface area contributed by atoms with Gasteiger partial charge in [0.1, 0.15) is 5.82 Å². The SMILES string of the molecule is CCn1c(Cc2ccccc2)nn(CN2CCN(CC(=O)NC3CC3)CC2)c1=S. The van der Waals surface area contributed by atoms with E-state index in [1.165, 1.54) is 5.56 Å². The molecule has 1 amide bonds. The molecule has 2 fully saturated rings. The zero-order valence-electron chi connectivity index (χ0n) is 17.1. The first kappa shape index (κ1) is 20.3. The Balaban J connectivity index is 1.33. The number of benzene rings is 1. The Morgan fingerprint density at radius 2 is 1.83 bits per heavy atom. The van der Waals surface area contributed by atoms with Crippen LogP contribution in [-0.2, 0) is 24.4 Å². The molecule has 1 aliphatic carbocycles. The summed E-state index contributed by atoms with van der Waals surface area (Å²) in [6, 6.07) is 10.8. The number of nitrogens with one attached hydrogen (secondary N) is 1. The summed E-state index contributed by atoms with van der Waals surface area (Å²) >= 11 is 5.70. The average Bonchev–Trinajstić information content (AvgIpc) is 3.48. The van der Waals surface area contributed by atoms with Gasteiger partial charge in [0.15, 0.2) is 4.77 Å². The average molecular weight is 415 g/mol. The number of aromatic nitrogens is 3. The standard InChI is InChI=1S/C21H30N6OS/c1-2-26-19(14-17-6-4-3-5-7-17)23-27(21(26)29)16-25-12-10-24(11-13-25)15-20(28)22-18-8-9-18/h3-7,18H,2,8-16H2,1H3,(H,22,28). The molecule has 0 bridgehead atoms. The van der Waals surface area contributed by atoms with Crippen LogP contribution < -0.4 is 5.32 Å². The van der Waals surface area contributed by atoms with Crippen molar-refractivity contribution in [1.82, 2.24) is 29.5 Å². The first-order chi connectivity index (χ1) is 14.1. The highest BCUT2D eigenvalue weighted by molar-refractivity contribution is 7.71. The molecule has 8 heteroatoms. The molecule has 2 heterocycles. The number of carbonyl (C=O) groups is 1. The fourth-order valence-corrected chi connectivity index (χ4v) is 4.12. The van der Waals surface area contributed by atoms with E-state index in [4.69, 9.17) is 17.3 Å². The number of amides is 1. The highest BCUT2D eigenvalue weighted by Gasteiger charge is 2.25. The maximum Gasteiger partial charge on any atom is 0.234 e. The number of rotatable bonds is 8. The van der Waals surface area contributed by atoms with Crippen LogP contribution in [0.2, 0.25) is 0 Å². The quantitative estimate of drug-likeness (QED) is 0.669. The molecule has 0 spiro atoms. The van der Waals surface area contributed by atoms with Crippen molar-refractivity contribution in [3.63, 3.8) is 0 Å². The van der Waals surface area contributed by atoms with E-state index in [1.807, 2.05) is 10.7 Å². The lowest BCUT2D eigenvalue weighted by Gasteiger charge is -2.33. The van der Waals surface area contributed by atoms with Crippen molar-refractivity contribution in [3.05, 3.63) is 46.5 Å². The van der Waals surface area contributed by atoms with Crippen LogP contribution in [-0.4, -0.2) is 68.8 Å². The van der Waals surface area contributed by atoms with E-state index in [1.54, 1.807) is 0 Å². The summed E-state index contributed by atoms with van der Waals surface area (Å²) in [6.07, 6.45) is 3.06. The molecule has 1 aliphatic heterocycles. The number of hydrogen-bond acceptors (Lipinski definition) is 5. The van der Waals surface area contributed by atoms with E-state index < -0.39 is 0 Å². The Morgan fingerprint density at radius 1 is 1.14 bits per heavy atom. The smallest absolute Gasteiger partial charge is 0.234 e. The lowest BCUT2D eigenvalue weighted by molar-refractivity contribution is -0.122. The molecule has 156 valence electrons. The van der Waals surface area contributed by atoms with Crippen molar-refractivity contribution in [2.75, 3.05) is 32.7 Å². The van der Waals surface area contributed by atoms with Crippen molar-refractivity contribution in [2.24, 2.45) is 0 Å². The first-order valence-corrected chi connectivity index (χ1v) is 11.0. The fraction of sp³-hybridized carbons (Fsp3) is 0.571. The summed E-state index contributed by atoms with van der Waals surface area (Å²) in [5, 5.41) is 7.90. The third-order valence-electron chi connectivity index (χ3n) is 5.63. The molecule has 29 heavy (non-hydrogen) atoms. The van der Waals surface area contributed by atoms with Gasteiger partial charge < -0.3 is 9.88 Å². The third kappa shape index (κ3) is 5.32. The highest BCUT2D eigenvalue weighted by atomic mass is 32.1. The molecule has 2 aliphatic rings. The van der Waals surface area contributed by atoms with Crippen LogP contribution in [0.1, 0.15) is 31.2 Å². The predicted octanol–water partition coefficient (Wildman–Crippen LogP) is 1.88. The van der Waals surface area contributed by atoms with Gasteiger partial charge >= 0.3 is 0 Å². The fourth-order valence-electron chi connectivity index (χ4n) is 3.79. The number of carbonyl (C=O) groups excluding carboxylic acids is 1. The molecule has 1 saturated heterocycles.